The zero-order chi connectivity index (χ0) is 23.7. The molecule has 9 heteroatoms. The second kappa shape index (κ2) is 9.69. The minimum absolute atomic E-state index is 0.159. The van der Waals surface area contributed by atoms with Gasteiger partial charge in [0.1, 0.15) is 15.8 Å². The maximum atomic E-state index is 13.5. The number of piperazine rings is 1. The lowest BCUT2D eigenvalue weighted by Gasteiger charge is -2.36. The summed E-state index contributed by atoms with van der Waals surface area (Å²) < 4.78 is 2.05. The van der Waals surface area contributed by atoms with Crippen molar-refractivity contribution in [2.24, 2.45) is 0 Å². The minimum atomic E-state index is -0.186. The summed E-state index contributed by atoms with van der Waals surface area (Å²) in [6.45, 7) is 6.52. The highest BCUT2D eigenvalue weighted by Crippen LogP contribution is 2.33. The van der Waals surface area contributed by atoms with E-state index in [-0.39, 0.29) is 11.5 Å². The Morgan fingerprint density at radius 3 is 2.47 bits per heavy atom. The van der Waals surface area contributed by atoms with Crippen LogP contribution in [-0.2, 0) is 11.3 Å². The molecule has 0 N–H and O–H groups in total. The van der Waals surface area contributed by atoms with Gasteiger partial charge in [0.25, 0.3) is 11.5 Å². The van der Waals surface area contributed by atoms with Crippen molar-refractivity contribution < 1.29 is 4.79 Å². The molecule has 0 atom stereocenters. The number of carbonyl (C=O) groups is 1. The smallest absolute Gasteiger partial charge is 0.267 e. The summed E-state index contributed by atoms with van der Waals surface area (Å²) in [6, 6.07) is 15.9. The average Bonchev–Trinajstić information content (AvgIpc) is 3.13. The molecule has 5 rings (SSSR count). The molecule has 2 aliphatic rings. The van der Waals surface area contributed by atoms with Crippen molar-refractivity contribution in [2.75, 3.05) is 37.6 Å². The summed E-state index contributed by atoms with van der Waals surface area (Å²) in [4.78, 5) is 37.8. The molecule has 2 fully saturated rings. The van der Waals surface area contributed by atoms with Gasteiger partial charge < -0.3 is 4.90 Å². The number of thioether (sulfide) groups is 1. The molecule has 2 aromatic heterocycles. The Hall–Kier alpha value is -3.01. The molecule has 0 aliphatic carbocycles. The van der Waals surface area contributed by atoms with Crippen molar-refractivity contribution in [1.29, 1.82) is 0 Å². The maximum absolute atomic E-state index is 13.5. The van der Waals surface area contributed by atoms with Crippen molar-refractivity contribution in [3.05, 3.63) is 81.1 Å². The fourth-order valence-electron chi connectivity index (χ4n) is 4.32. The van der Waals surface area contributed by atoms with Crippen molar-refractivity contribution >= 4 is 51.7 Å². The third-order valence-electron chi connectivity index (χ3n) is 6.14. The number of anilines is 1. The summed E-state index contributed by atoms with van der Waals surface area (Å²) in [7, 11) is 0. The highest BCUT2D eigenvalue weighted by atomic mass is 32.2. The first-order valence-electron chi connectivity index (χ1n) is 11.3. The van der Waals surface area contributed by atoms with E-state index in [4.69, 9.17) is 17.2 Å². The van der Waals surface area contributed by atoms with Gasteiger partial charge in [0.2, 0.25) is 0 Å². The summed E-state index contributed by atoms with van der Waals surface area (Å²) in [5.74, 6) is 0.464. The lowest BCUT2D eigenvalue weighted by Crippen LogP contribution is -2.47. The molecule has 3 aromatic rings. The Labute approximate surface area is 207 Å². The van der Waals surface area contributed by atoms with Crippen LogP contribution in [0, 0.1) is 0 Å². The van der Waals surface area contributed by atoms with E-state index in [0.29, 0.717) is 32.8 Å². The highest BCUT2D eigenvalue weighted by Gasteiger charge is 2.32. The standard InChI is InChI=1S/C25H25N5O2S2/c1-2-29-24(32)20(34-25(29)33)16-19-22(26-21-10-6-7-11-30(21)23(19)31)28-14-12-27(13-15-28)17-18-8-4-3-5-9-18/h3-11,16H,2,12-15,17H2,1H3. The van der Waals surface area contributed by atoms with Crippen LogP contribution in [0.25, 0.3) is 11.7 Å². The Balaban J connectivity index is 1.48. The topological polar surface area (TPSA) is 61.2 Å². The zero-order valence-corrected chi connectivity index (χ0v) is 20.5. The van der Waals surface area contributed by atoms with Crippen molar-refractivity contribution in [2.45, 2.75) is 13.5 Å². The van der Waals surface area contributed by atoms with Gasteiger partial charge in [-0.05, 0) is 30.7 Å². The van der Waals surface area contributed by atoms with E-state index in [1.54, 1.807) is 23.2 Å². The number of rotatable bonds is 5. The van der Waals surface area contributed by atoms with Gasteiger partial charge in [0, 0.05) is 45.5 Å². The molecule has 34 heavy (non-hydrogen) atoms. The predicted octanol–water partition coefficient (Wildman–Crippen LogP) is 3.24. The third-order valence-corrected chi connectivity index (χ3v) is 7.51. The van der Waals surface area contributed by atoms with Crippen LogP contribution in [0.3, 0.4) is 0 Å². The van der Waals surface area contributed by atoms with Crippen LogP contribution in [0.2, 0.25) is 0 Å². The molecule has 4 heterocycles. The molecule has 2 aliphatic heterocycles. The van der Waals surface area contributed by atoms with Gasteiger partial charge in [-0.3, -0.25) is 23.8 Å². The normalized spacial score (nSPS) is 18.4. The lowest BCUT2D eigenvalue weighted by atomic mass is 10.2. The van der Waals surface area contributed by atoms with Crippen molar-refractivity contribution in [3.8, 4) is 0 Å². The molecule has 7 nitrogen and oxygen atoms in total. The number of fused-ring (bicyclic) bond motifs is 1. The number of aromatic nitrogens is 2. The Morgan fingerprint density at radius 1 is 1.03 bits per heavy atom. The van der Waals surface area contributed by atoms with E-state index in [9.17, 15) is 9.59 Å². The van der Waals surface area contributed by atoms with Gasteiger partial charge >= 0.3 is 0 Å². The van der Waals surface area contributed by atoms with Crippen LogP contribution < -0.4 is 10.5 Å². The van der Waals surface area contributed by atoms with Crippen LogP contribution in [0.15, 0.2) is 64.4 Å². The maximum Gasteiger partial charge on any atom is 0.267 e. The number of likely N-dealkylation sites (N-methyl/N-ethyl adjacent to an activating group) is 1. The Morgan fingerprint density at radius 2 is 1.76 bits per heavy atom. The second-order valence-corrected chi connectivity index (χ2v) is 9.93. The largest absolute Gasteiger partial charge is 0.353 e. The van der Waals surface area contributed by atoms with Gasteiger partial charge in [-0.2, -0.15) is 0 Å². The number of benzene rings is 1. The SMILES string of the molecule is CCN1C(=O)C(=Cc2c(N3CCN(Cc4ccccc4)CC3)nc3ccccn3c2=O)SC1=S. The molecule has 0 saturated carbocycles. The molecular formula is C25H25N5O2S2. The fourth-order valence-corrected chi connectivity index (χ4v) is 5.69. The highest BCUT2D eigenvalue weighted by molar-refractivity contribution is 8.26. The van der Waals surface area contributed by atoms with E-state index < -0.39 is 0 Å². The fraction of sp³-hybridized carbons (Fsp3) is 0.280. The summed E-state index contributed by atoms with van der Waals surface area (Å²) >= 11 is 6.60. The summed E-state index contributed by atoms with van der Waals surface area (Å²) in [5.41, 5.74) is 2.12. The molecular weight excluding hydrogens is 466 g/mol. The molecule has 2 saturated heterocycles. The first-order chi connectivity index (χ1) is 16.5. The van der Waals surface area contributed by atoms with Gasteiger partial charge in [-0.1, -0.05) is 60.4 Å². The van der Waals surface area contributed by atoms with Crippen LogP contribution >= 0.6 is 24.0 Å². The van der Waals surface area contributed by atoms with E-state index in [1.807, 2.05) is 25.1 Å². The van der Waals surface area contributed by atoms with E-state index in [1.165, 1.54) is 21.7 Å². The van der Waals surface area contributed by atoms with Crippen LogP contribution in [0.4, 0.5) is 5.82 Å². The minimum Gasteiger partial charge on any atom is -0.353 e. The Kier molecular flexibility index (Phi) is 6.49. The number of pyridine rings is 1. The quantitative estimate of drug-likeness (QED) is 0.401. The van der Waals surface area contributed by atoms with Gasteiger partial charge in [-0.25, -0.2) is 4.98 Å². The summed E-state index contributed by atoms with van der Waals surface area (Å²) in [6.07, 6.45) is 3.39. The number of hydrogen-bond acceptors (Lipinski definition) is 7. The number of nitrogens with zero attached hydrogens (tertiary/aromatic N) is 5. The zero-order valence-electron chi connectivity index (χ0n) is 18.9. The molecule has 0 radical (unpaired) electrons. The first kappa shape index (κ1) is 22.8. The Bertz CT molecular complexity index is 1330. The first-order valence-corrected chi connectivity index (χ1v) is 12.6. The second-order valence-electron chi connectivity index (χ2n) is 8.26. The molecule has 174 valence electrons. The summed E-state index contributed by atoms with van der Waals surface area (Å²) in [5, 5.41) is 0. The molecule has 0 spiro atoms. The molecule has 1 amide bonds. The monoisotopic (exact) mass is 491 g/mol. The average molecular weight is 492 g/mol. The van der Waals surface area contributed by atoms with Crippen LogP contribution in [0.5, 0.6) is 0 Å². The van der Waals surface area contributed by atoms with Crippen molar-refractivity contribution in [1.82, 2.24) is 19.2 Å². The molecule has 0 unspecified atom stereocenters. The predicted molar refractivity (Wildman–Crippen MR) is 141 cm³/mol. The third kappa shape index (κ3) is 4.38. The van der Waals surface area contributed by atoms with Crippen molar-refractivity contribution in [3.63, 3.8) is 0 Å². The molecule has 1 aromatic carbocycles. The van der Waals surface area contributed by atoms with Crippen LogP contribution in [-0.4, -0.2) is 62.1 Å². The number of hydrogen-bond donors (Lipinski definition) is 0. The number of amides is 1. The van der Waals surface area contributed by atoms with E-state index in [2.05, 4.69) is 34.1 Å². The number of thiocarbonyl (C=S) groups is 1. The van der Waals surface area contributed by atoms with Gasteiger partial charge in [0.15, 0.2) is 0 Å². The van der Waals surface area contributed by atoms with E-state index >= 15 is 0 Å². The van der Waals surface area contributed by atoms with Gasteiger partial charge in [0.05, 0.1) is 10.5 Å². The van der Waals surface area contributed by atoms with Crippen LogP contribution in [0.1, 0.15) is 18.1 Å². The number of carbonyl (C=O) groups excluding carboxylic acids is 1. The van der Waals surface area contributed by atoms with E-state index in [0.717, 1.165) is 32.7 Å². The molecule has 0 bridgehead atoms. The van der Waals surface area contributed by atoms with Gasteiger partial charge in [-0.15, -0.1) is 0 Å². The lowest BCUT2D eigenvalue weighted by molar-refractivity contribution is -0.121.